The smallest absolute Gasteiger partial charge is 0.264 e. The first-order chi connectivity index (χ1) is 18.2. The van der Waals surface area contributed by atoms with Gasteiger partial charge in [0.1, 0.15) is 5.82 Å². The van der Waals surface area contributed by atoms with E-state index in [1.54, 1.807) is 19.2 Å². The van der Waals surface area contributed by atoms with Crippen molar-refractivity contribution in [3.8, 4) is 0 Å². The molecule has 2 fully saturated rings. The van der Waals surface area contributed by atoms with Crippen molar-refractivity contribution in [2.45, 2.75) is 23.3 Å². The Bertz CT molecular complexity index is 1640. The standard InChI is InChI=1S/C28H27FN6O2S/c1-18-12-25(32-22-10-8-21(29)9-11-22)20(14-30)13-23(18)28-17-35(38(36,37)26-15-31-34(2)33-26)16-24(28)27(28)19-6-4-3-5-7-19/h3-15,24,27,30,32H,16-17H2,1-2H3/t24-,27-,28+/m0/s1. The van der Waals surface area contributed by atoms with Crippen LogP contribution in [0.4, 0.5) is 15.8 Å². The average molecular weight is 531 g/mol. The molecular formula is C28H27FN6O2S. The zero-order chi connectivity index (χ0) is 26.7. The van der Waals surface area contributed by atoms with E-state index in [0.717, 1.165) is 16.8 Å². The Morgan fingerprint density at radius 2 is 1.87 bits per heavy atom. The number of aryl methyl sites for hydroxylation is 2. The fourth-order valence-electron chi connectivity index (χ4n) is 6.12. The highest BCUT2D eigenvalue weighted by Crippen LogP contribution is 2.70. The van der Waals surface area contributed by atoms with Gasteiger partial charge in [-0.3, -0.25) is 0 Å². The van der Waals surface area contributed by atoms with Crippen LogP contribution in [0, 0.1) is 24.1 Å². The van der Waals surface area contributed by atoms with Crippen LogP contribution >= 0.6 is 0 Å². The molecule has 2 N–H and O–H groups in total. The number of aromatic nitrogens is 3. The number of rotatable bonds is 7. The van der Waals surface area contributed by atoms with Crippen LogP contribution in [-0.4, -0.2) is 47.0 Å². The van der Waals surface area contributed by atoms with Gasteiger partial charge in [0.2, 0.25) is 5.03 Å². The molecule has 0 bridgehead atoms. The van der Waals surface area contributed by atoms with E-state index in [4.69, 9.17) is 5.41 Å². The van der Waals surface area contributed by atoms with E-state index < -0.39 is 15.4 Å². The van der Waals surface area contributed by atoms with Gasteiger partial charge < -0.3 is 10.7 Å². The summed E-state index contributed by atoms with van der Waals surface area (Å²) in [6.07, 6.45) is 2.58. The maximum absolute atomic E-state index is 13.5. The third-order valence-electron chi connectivity index (χ3n) is 7.87. The Balaban J connectivity index is 1.41. The van der Waals surface area contributed by atoms with E-state index in [1.165, 1.54) is 39.2 Å². The summed E-state index contributed by atoms with van der Waals surface area (Å²) in [5, 5.41) is 19.4. The van der Waals surface area contributed by atoms with Gasteiger partial charge in [0.05, 0.1) is 6.20 Å². The zero-order valence-corrected chi connectivity index (χ0v) is 21.8. The molecule has 3 atom stereocenters. The molecule has 0 spiro atoms. The predicted molar refractivity (Wildman–Crippen MR) is 143 cm³/mol. The maximum Gasteiger partial charge on any atom is 0.264 e. The van der Waals surface area contributed by atoms with Gasteiger partial charge in [-0.2, -0.15) is 14.2 Å². The van der Waals surface area contributed by atoms with Gasteiger partial charge in [-0.1, -0.05) is 30.3 Å². The van der Waals surface area contributed by atoms with E-state index in [0.29, 0.717) is 24.3 Å². The lowest BCUT2D eigenvalue weighted by Crippen LogP contribution is -2.35. The molecule has 0 amide bonds. The van der Waals surface area contributed by atoms with E-state index in [9.17, 15) is 12.8 Å². The number of fused-ring (bicyclic) bond motifs is 1. The minimum atomic E-state index is -3.80. The van der Waals surface area contributed by atoms with Crippen molar-refractivity contribution in [2.75, 3.05) is 18.4 Å². The monoisotopic (exact) mass is 530 g/mol. The number of piperidine rings is 1. The third kappa shape index (κ3) is 3.83. The van der Waals surface area contributed by atoms with E-state index in [2.05, 4.69) is 27.6 Å². The Morgan fingerprint density at radius 1 is 1.13 bits per heavy atom. The summed E-state index contributed by atoms with van der Waals surface area (Å²) in [7, 11) is -2.21. The zero-order valence-electron chi connectivity index (χ0n) is 21.0. The fourth-order valence-corrected chi connectivity index (χ4v) is 7.53. The fraction of sp³-hybridized carbons (Fsp3) is 0.250. The van der Waals surface area contributed by atoms with Crippen LogP contribution in [-0.2, 0) is 22.5 Å². The summed E-state index contributed by atoms with van der Waals surface area (Å²) in [6, 6.07) is 20.3. The molecule has 1 aromatic heterocycles. The molecule has 1 aliphatic heterocycles. The molecule has 4 aromatic rings. The molecule has 2 heterocycles. The molecule has 1 saturated heterocycles. The molecule has 1 aliphatic carbocycles. The molecule has 2 aliphatic rings. The molecule has 194 valence electrons. The van der Waals surface area contributed by atoms with Crippen molar-refractivity contribution < 1.29 is 12.8 Å². The first kappa shape index (κ1) is 24.4. The van der Waals surface area contributed by atoms with Crippen LogP contribution in [0.3, 0.4) is 0 Å². The predicted octanol–water partition coefficient (Wildman–Crippen LogP) is 4.36. The van der Waals surface area contributed by atoms with Crippen LogP contribution in [0.25, 0.3) is 0 Å². The van der Waals surface area contributed by atoms with Gasteiger partial charge in [-0.15, -0.1) is 5.10 Å². The third-order valence-corrected chi connectivity index (χ3v) is 9.54. The molecule has 0 radical (unpaired) electrons. The molecule has 8 nitrogen and oxygen atoms in total. The second-order valence-corrected chi connectivity index (χ2v) is 11.9. The topological polar surface area (TPSA) is 104 Å². The molecular weight excluding hydrogens is 503 g/mol. The van der Waals surface area contributed by atoms with Gasteiger partial charge in [0.25, 0.3) is 10.0 Å². The Hall–Kier alpha value is -3.89. The average Bonchev–Trinajstić information content (AvgIpc) is 3.18. The number of nitrogens with one attached hydrogen (secondary N) is 2. The Labute approximate surface area is 220 Å². The van der Waals surface area contributed by atoms with Crippen LogP contribution in [0.2, 0.25) is 0 Å². The summed E-state index contributed by atoms with van der Waals surface area (Å²) in [5.41, 5.74) is 4.93. The lowest BCUT2D eigenvalue weighted by Gasteiger charge is -2.25. The van der Waals surface area contributed by atoms with Crippen molar-refractivity contribution in [2.24, 2.45) is 13.0 Å². The number of anilines is 2. The summed E-state index contributed by atoms with van der Waals surface area (Å²) in [6.45, 7) is 2.72. The van der Waals surface area contributed by atoms with Crippen molar-refractivity contribution in [1.82, 2.24) is 19.3 Å². The Kier molecular flexibility index (Phi) is 5.69. The molecule has 6 rings (SSSR count). The SMILES string of the molecule is Cc1cc(Nc2ccc(F)cc2)c(C=N)cc1[C@]12CN(S(=O)(=O)c3cnn(C)n3)C[C@H]1[C@@H]2c1ccccc1. The van der Waals surface area contributed by atoms with Crippen molar-refractivity contribution in [1.29, 1.82) is 5.41 Å². The lowest BCUT2D eigenvalue weighted by atomic mass is 9.86. The second-order valence-electron chi connectivity index (χ2n) is 10.0. The van der Waals surface area contributed by atoms with Crippen molar-refractivity contribution >= 4 is 27.6 Å². The normalized spacial score (nSPS) is 22.7. The van der Waals surface area contributed by atoms with Crippen LogP contribution in [0.5, 0.6) is 0 Å². The van der Waals surface area contributed by atoms with Gasteiger partial charge >= 0.3 is 0 Å². The summed E-state index contributed by atoms with van der Waals surface area (Å²) >= 11 is 0. The van der Waals surface area contributed by atoms with E-state index in [1.807, 2.05) is 37.3 Å². The molecule has 0 unspecified atom stereocenters. The molecule has 38 heavy (non-hydrogen) atoms. The van der Waals surface area contributed by atoms with E-state index >= 15 is 0 Å². The molecule has 10 heteroatoms. The number of sulfonamides is 1. The number of hydrogen-bond donors (Lipinski definition) is 2. The highest BCUT2D eigenvalue weighted by Gasteiger charge is 2.71. The summed E-state index contributed by atoms with van der Waals surface area (Å²) < 4.78 is 41.8. The largest absolute Gasteiger partial charge is 0.355 e. The van der Waals surface area contributed by atoms with Gasteiger partial charge in [-0.25, -0.2) is 12.8 Å². The number of hydrogen-bond acceptors (Lipinski definition) is 6. The first-order valence-corrected chi connectivity index (χ1v) is 13.8. The Morgan fingerprint density at radius 3 is 2.53 bits per heavy atom. The minimum absolute atomic E-state index is 0.0524. The maximum atomic E-state index is 13.5. The first-order valence-electron chi connectivity index (χ1n) is 12.3. The highest BCUT2D eigenvalue weighted by molar-refractivity contribution is 7.89. The summed E-state index contributed by atoms with van der Waals surface area (Å²) in [5.74, 6) is -0.0721. The van der Waals surface area contributed by atoms with Crippen LogP contribution in [0.15, 0.2) is 78.0 Å². The minimum Gasteiger partial charge on any atom is -0.355 e. The van der Waals surface area contributed by atoms with Crippen LogP contribution in [0.1, 0.15) is 28.2 Å². The lowest BCUT2D eigenvalue weighted by molar-refractivity contribution is 0.418. The second kappa shape index (κ2) is 8.85. The van der Waals surface area contributed by atoms with Crippen molar-refractivity contribution in [3.63, 3.8) is 0 Å². The van der Waals surface area contributed by atoms with E-state index in [-0.39, 0.29) is 22.7 Å². The molecule has 1 saturated carbocycles. The number of benzene rings is 3. The van der Waals surface area contributed by atoms with Crippen LogP contribution < -0.4 is 5.32 Å². The quantitative estimate of drug-likeness (QED) is 0.346. The van der Waals surface area contributed by atoms with Gasteiger partial charge in [0.15, 0.2) is 0 Å². The summed E-state index contributed by atoms with van der Waals surface area (Å²) in [4.78, 5) is 1.25. The molecule has 3 aromatic carbocycles. The van der Waals surface area contributed by atoms with Gasteiger partial charge in [-0.05, 0) is 65.9 Å². The highest BCUT2D eigenvalue weighted by atomic mass is 32.2. The van der Waals surface area contributed by atoms with Crippen molar-refractivity contribution in [3.05, 3.63) is 101 Å². The number of nitrogens with zero attached hydrogens (tertiary/aromatic N) is 4. The van der Waals surface area contributed by atoms with Gasteiger partial charge in [0, 0.05) is 54.6 Å². The number of halogens is 1.